The quantitative estimate of drug-likeness (QED) is 0.497. The van der Waals surface area contributed by atoms with Crippen LogP contribution >= 0.6 is 34.7 Å². The van der Waals surface area contributed by atoms with E-state index in [9.17, 15) is 9.59 Å². The van der Waals surface area contributed by atoms with Crippen LogP contribution in [0.2, 0.25) is 5.02 Å². The van der Waals surface area contributed by atoms with Crippen molar-refractivity contribution in [1.82, 2.24) is 15.5 Å². The zero-order valence-corrected chi connectivity index (χ0v) is 21.1. The number of benzene rings is 1. The largest absolute Gasteiger partial charge is 0.352 e. The van der Waals surface area contributed by atoms with E-state index in [2.05, 4.69) is 40.0 Å². The number of piperidine rings is 1. The molecule has 0 saturated carbocycles. The van der Waals surface area contributed by atoms with E-state index in [4.69, 9.17) is 11.6 Å². The molecule has 2 atom stereocenters. The Morgan fingerprint density at radius 1 is 1.22 bits per heavy atom. The maximum absolute atomic E-state index is 13.1. The zero-order valence-electron chi connectivity index (χ0n) is 18.7. The van der Waals surface area contributed by atoms with E-state index in [0.717, 1.165) is 24.8 Å². The van der Waals surface area contributed by atoms with E-state index in [1.54, 1.807) is 47.4 Å². The van der Waals surface area contributed by atoms with Crippen LogP contribution in [0.5, 0.6) is 0 Å². The summed E-state index contributed by atoms with van der Waals surface area (Å²) in [4.78, 5) is 29.6. The molecule has 1 aromatic carbocycles. The van der Waals surface area contributed by atoms with E-state index in [0.29, 0.717) is 23.6 Å². The van der Waals surface area contributed by atoms with Crippen LogP contribution in [-0.2, 0) is 4.79 Å². The van der Waals surface area contributed by atoms with Gasteiger partial charge in [-0.05, 0) is 73.9 Å². The summed E-state index contributed by atoms with van der Waals surface area (Å²) < 4.78 is 0. The SMILES string of the molecule is CSCCC(NC(=O)c1ccccc1Cl)C(=O)NCC(c1cccs1)N1CCC(C)CC1. The summed E-state index contributed by atoms with van der Waals surface area (Å²) in [5.74, 6) is 1.06. The lowest BCUT2D eigenvalue weighted by Gasteiger charge is -2.36. The number of nitrogens with one attached hydrogen (secondary N) is 2. The summed E-state index contributed by atoms with van der Waals surface area (Å²) in [6.45, 7) is 4.92. The molecule has 2 N–H and O–H groups in total. The first-order valence-corrected chi connectivity index (χ1v) is 13.7. The molecule has 1 saturated heterocycles. The molecule has 0 bridgehead atoms. The first-order chi connectivity index (χ1) is 15.5. The molecule has 2 amide bonds. The molecule has 8 heteroatoms. The fourth-order valence-corrected chi connectivity index (χ4v) is 5.49. The number of hydrogen-bond donors (Lipinski definition) is 2. The third-order valence-corrected chi connectivity index (χ3v) is 7.90. The van der Waals surface area contributed by atoms with E-state index in [1.165, 1.54) is 17.7 Å². The standard InChI is InChI=1S/C24H32ClN3O2S2/c1-17-9-12-28(13-10-17)21(22-8-5-14-32-22)16-26-24(30)20(11-15-31-2)27-23(29)18-6-3-4-7-19(18)25/h3-8,14,17,20-21H,9-13,15-16H2,1-2H3,(H,26,30)(H,27,29). The molecule has 2 heterocycles. The number of hydrogen-bond acceptors (Lipinski definition) is 5. The van der Waals surface area contributed by atoms with Crippen molar-refractivity contribution in [3.63, 3.8) is 0 Å². The van der Waals surface area contributed by atoms with Crippen LogP contribution in [0.4, 0.5) is 0 Å². The molecule has 5 nitrogen and oxygen atoms in total. The molecule has 0 spiro atoms. The topological polar surface area (TPSA) is 61.4 Å². The Balaban J connectivity index is 1.66. The average Bonchev–Trinajstić information content (AvgIpc) is 3.32. The predicted octanol–water partition coefficient (Wildman–Crippen LogP) is 4.84. The van der Waals surface area contributed by atoms with Crippen molar-refractivity contribution in [3.8, 4) is 0 Å². The van der Waals surface area contributed by atoms with Crippen LogP contribution in [0.25, 0.3) is 0 Å². The van der Waals surface area contributed by atoms with Gasteiger partial charge in [0, 0.05) is 11.4 Å². The monoisotopic (exact) mass is 493 g/mol. The van der Waals surface area contributed by atoms with Crippen LogP contribution in [0, 0.1) is 5.92 Å². The van der Waals surface area contributed by atoms with Gasteiger partial charge in [0.2, 0.25) is 5.91 Å². The smallest absolute Gasteiger partial charge is 0.253 e. The van der Waals surface area contributed by atoms with Gasteiger partial charge in [-0.3, -0.25) is 14.5 Å². The second kappa shape index (κ2) is 12.6. The van der Waals surface area contributed by atoms with Crippen molar-refractivity contribution >= 4 is 46.5 Å². The summed E-state index contributed by atoms with van der Waals surface area (Å²) in [7, 11) is 0. The number of carbonyl (C=O) groups excluding carboxylic acids is 2. The zero-order chi connectivity index (χ0) is 22.9. The second-order valence-electron chi connectivity index (χ2n) is 8.28. The molecule has 2 unspecified atom stereocenters. The third-order valence-electron chi connectivity index (χ3n) is 5.95. The molecule has 0 aliphatic carbocycles. The minimum absolute atomic E-state index is 0.147. The number of amides is 2. The third kappa shape index (κ3) is 6.98. The highest BCUT2D eigenvalue weighted by molar-refractivity contribution is 7.98. The molecule has 174 valence electrons. The number of nitrogens with zero attached hydrogens (tertiary/aromatic N) is 1. The Morgan fingerprint density at radius 3 is 2.62 bits per heavy atom. The average molecular weight is 494 g/mol. The Kier molecular flexibility index (Phi) is 9.91. The van der Waals surface area contributed by atoms with Gasteiger partial charge in [-0.1, -0.05) is 36.7 Å². The molecule has 1 aliphatic rings. The van der Waals surface area contributed by atoms with E-state index in [1.807, 2.05) is 6.26 Å². The first-order valence-electron chi connectivity index (χ1n) is 11.1. The maximum Gasteiger partial charge on any atom is 0.253 e. The van der Waals surface area contributed by atoms with Gasteiger partial charge in [-0.25, -0.2) is 0 Å². The molecule has 32 heavy (non-hydrogen) atoms. The van der Waals surface area contributed by atoms with Gasteiger partial charge < -0.3 is 10.6 Å². The molecule has 0 radical (unpaired) electrons. The first kappa shape index (κ1) is 25.1. The number of thiophene rings is 1. The fourth-order valence-electron chi connectivity index (χ4n) is 3.94. The molecule has 3 rings (SSSR count). The van der Waals surface area contributed by atoms with Crippen molar-refractivity contribution in [2.75, 3.05) is 31.6 Å². The predicted molar refractivity (Wildman–Crippen MR) is 136 cm³/mol. The molecule has 2 aromatic rings. The normalized spacial score (nSPS) is 17.0. The Hall–Kier alpha value is -1.54. The van der Waals surface area contributed by atoms with Crippen molar-refractivity contribution in [2.45, 2.75) is 38.3 Å². The Labute approximate surface area is 204 Å². The van der Waals surface area contributed by atoms with Crippen molar-refractivity contribution in [3.05, 3.63) is 57.2 Å². The Morgan fingerprint density at radius 2 is 1.97 bits per heavy atom. The molecular formula is C24H32ClN3O2S2. The lowest BCUT2D eigenvalue weighted by Crippen LogP contribution is -2.49. The summed E-state index contributed by atoms with van der Waals surface area (Å²) in [6, 6.07) is 10.7. The van der Waals surface area contributed by atoms with Crippen LogP contribution in [0.1, 0.15) is 47.5 Å². The lowest BCUT2D eigenvalue weighted by molar-refractivity contribution is -0.123. The van der Waals surface area contributed by atoms with E-state index >= 15 is 0 Å². The number of halogens is 1. The van der Waals surface area contributed by atoms with Crippen LogP contribution in [-0.4, -0.2) is 54.4 Å². The highest BCUT2D eigenvalue weighted by Crippen LogP contribution is 2.29. The number of rotatable bonds is 10. The summed E-state index contributed by atoms with van der Waals surface area (Å²) >= 11 is 9.56. The van der Waals surface area contributed by atoms with Crippen molar-refractivity contribution in [1.29, 1.82) is 0 Å². The minimum atomic E-state index is -0.600. The molecule has 1 aromatic heterocycles. The lowest BCUT2D eigenvalue weighted by atomic mass is 9.97. The fraction of sp³-hybridized carbons (Fsp3) is 0.500. The van der Waals surface area contributed by atoms with Crippen LogP contribution in [0.3, 0.4) is 0 Å². The highest BCUT2D eigenvalue weighted by Gasteiger charge is 2.28. The number of likely N-dealkylation sites (tertiary alicyclic amines) is 1. The van der Waals surface area contributed by atoms with E-state index in [-0.39, 0.29) is 17.9 Å². The summed E-state index contributed by atoms with van der Waals surface area (Å²) in [6.07, 6.45) is 4.92. The van der Waals surface area contributed by atoms with Gasteiger partial charge in [-0.15, -0.1) is 11.3 Å². The van der Waals surface area contributed by atoms with Crippen molar-refractivity contribution in [2.24, 2.45) is 5.92 Å². The minimum Gasteiger partial charge on any atom is -0.352 e. The molecule has 1 fully saturated rings. The summed E-state index contributed by atoms with van der Waals surface area (Å²) in [5.41, 5.74) is 0.384. The van der Waals surface area contributed by atoms with E-state index < -0.39 is 6.04 Å². The molecule has 1 aliphatic heterocycles. The van der Waals surface area contributed by atoms with Gasteiger partial charge >= 0.3 is 0 Å². The van der Waals surface area contributed by atoms with Crippen molar-refractivity contribution < 1.29 is 9.59 Å². The summed E-state index contributed by atoms with van der Waals surface area (Å²) in [5, 5.41) is 8.49. The van der Waals surface area contributed by atoms with Crippen LogP contribution < -0.4 is 10.6 Å². The van der Waals surface area contributed by atoms with Gasteiger partial charge in [0.15, 0.2) is 0 Å². The van der Waals surface area contributed by atoms with Crippen LogP contribution in [0.15, 0.2) is 41.8 Å². The molecular weight excluding hydrogens is 462 g/mol. The second-order valence-corrected chi connectivity index (χ2v) is 10.7. The maximum atomic E-state index is 13.1. The van der Waals surface area contributed by atoms with Gasteiger partial charge in [-0.2, -0.15) is 11.8 Å². The number of thioether (sulfide) groups is 1. The Bertz CT molecular complexity index is 870. The van der Waals surface area contributed by atoms with Gasteiger partial charge in [0.1, 0.15) is 6.04 Å². The van der Waals surface area contributed by atoms with Gasteiger partial charge in [0.05, 0.1) is 16.6 Å². The number of carbonyl (C=O) groups is 2. The van der Waals surface area contributed by atoms with Gasteiger partial charge in [0.25, 0.3) is 5.91 Å². The highest BCUT2D eigenvalue weighted by atomic mass is 35.5.